The van der Waals surface area contributed by atoms with Crippen LogP contribution in [0.3, 0.4) is 0 Å². The Morgan fingerprint density at radius 1 is 1.30 bits per heavy atom. The molecular weight excluding hydrogens is 477 g/mol. The number of hydrogen-bond acceptors (Lipinski definition) is 3. The predicted molar refractivity (Wildman–Crippen MR) is 121 cm³/mol. The van der Waals surface area contributed by atoms with Crippen LogP contribution in [-0.4, -0.2) is 26.2 Å². The molecule has 0 radical (unpaired) electrons. The van der Waals surface area contributed by atoms with Crippen molar-refractivity contribution in [3.63, 3.8) is 0 Å². The van der Waals surface area contributed by atoms with Crippen LogP contribution in [0.15, 0.2) is 47.5 Å². The van der Waals surface area contributed by atoms with Gasteiger partial charge in [0.1, 0.15) is 11.5 Å². The smallest absolute Gasteiger partial charge is 0.192 e. The molecule has 5 nitrogen and oxygen atoms in total. The van der Waals surface area contributed by atoms with Crippen molar-refractivity contribution >= 4 is 41.5 Å². The van der Waals surface area contributed by atoms with Gasteiger partial charge in [0.2, 0.25) is 0 Å². The molecule has 0 spiro atoms. The van der Waals surface area contributed by atoms with E-state index in [0.717, 1.165) is 41.6 Å². The number of nitrogens with zero attached hydrogens (tertiary/aromatic N) is 1. The molecule has 0 saturated heterocycles. The van der Waals surface area contributed by atoms with Gasteiger partial charge in [0, 0.05) is 29.1 Å². The second-order valence-corrected chi connectivity index (χ2v) is 6.46. The molecule has 1 atom stereocenters. The average Bonchev–Trinajstić information content (AvgIpc) is 2.67. The number of para-hydroxylation sites is 1. The Balaban J connectivity index is 0.00000261. The molecule has 1 heterocycles. The third kappa shape index (κ3) is 5.65. The van der Waals surface area contributed by atoms with E-state index in [1.54, 1.807) is 7.11 Å². The highest BCUT2D eigenvalue weighted by molar-refractivity contribution is 14.0. The van der Waals surface area contributed by atoms with Crippen molar-refractivity contribution in [2.24, 2.45) is 4.99 Å². The molecular formula is C20H25ClIN3O2. The maximum absolute atomic E-state index is 6.03. The van der Waals surface area contributed by atoms with Crippen molar-refractivity contribution in [2.45, 2.75) is 25.9 Å². The molecule has 1 unspecified atom stereocenters. The molecule has 0 fully saturated rings. The normalized spacial score (nSPS) is 15.8. The maximum Gasteiger partial charge on any atom is 0.192 e. The molecule has 2 aromatic rings. The van der Waals surface area contributed by atoms with E-state index in [1.165, 1.54) is 0 Å². The van der Waals surface area contributed by atoms with Gasteiger partial charge < -0.3 is 20.1 Å². The SMILES string of the molecule is CCNC(=NCc1ccc(Cl)cc1OC)NC1CCOc2ccccc21.I. The number of methoxy groups -OCH3 is 1. The summed E-state index contributed by atoms with van der Waals surface area (Å²) in [4.78, 5) is 4.72. The summed E-state index contributed by atoms with van der Waals surface area (Å²) in [5.74, 6) is 2.45. The van der Waals surface area contributed by atoms with Crippen molar-refractivity contribution in [1.82, 2.24) is 10.6 Å². The monoisotopic (exact) mass is 501 g/mol. The third-order valence-corrected chi connectivity index (χ3v) is 4.51. The van der Waals surface area contributed by atoms with Crippen molar-refractivity contribution in [3.8, 4) is 11.5 Å². The lowest BCUT2D eigenvalue weighted by atomic mass is 10.0. The Kier molecular flexibility index (Phi) is 8.50. The Morgan fingerprint density at radius 3 is 2.89 bits per heavy atom. The molecule has 0 bridgehead atoms. The lowest BCUT2D eigenvalue weighted by molar-refractivity contribution is 0.261. The fourth-order valence-electron chi connectivity index (χ4n) is 2.99. The molecule has 146 valence electrons. The van der Waals surface area contributed by atoms with Crippen LogP contribution < -0.4 is 20.1 Å². The standard InChI is InChI=1S/C20H24ClN3O2.HI/c1-3-22-20(23-13-14-8-9-15(21)12-19(14)25-2)24-17-10-11-26-18-7-5-4-6-16(17)18;/h4-9,12,17H,3,10-11,13H2,1-2H3,(H2,22,23,24);1H. The van der Waals surface area contributed by atoms with Crippen molar-refractivity contribution in [1.29, 1.82) is 0 Å². The summed E-state index contributed by atoms with van der Waals surface area (Å²) in [7, 11) is 1.64. The van der Waals surface area contributed by atoms with Crippen LogP contribution in [0, 0.1) is 0 Å². The van der Waals surface area contributed by atoms with Crippen LogP contribution in [-0.2, 0) is 6.54 Å². The van der Waals surface area contributed by atoms with Crippen molar-refractivity contribution in [2.75, 3.05) is 20.3 Å². The number of nitrogens with one attached hydrogen (secondary N) is 2. The molecule has 0 aliphatic carbocycles. The molecule has 3 rings (SSSR count). The molecule has 27 heavy (non-hydrogen) atoms. The molecule has 0 aromatic heterocycles. The Labute approximate surface area is 182 Å². The van der Waals surface area contributed by atoms with Crippen LogP contribution in [0.2, 0.25) is 5.02 Å². The summed E-state index contributed by atoms with van der Waals surface area (Å²) in [6.45, 7) is 4.03. The quantitative estimate of drug-likeness (QED) is 0.359. The van der Waals surface area contributed by atoms with E-state index in [2.05, 4.69) is 23.6 Å². The average molecular weight is 502 g/mol. The minimum atomic E-state index is 0. The zero-order valence-electron chi connectivity index (χ0n) is 15.5. The van der Waals surface area contributed by atoms with E-state index in [-0.39, 0.29) is 30.0 Å². The first-order valence-corrected chi connectivity index (χ1v) is 9.18. The van der Waals surface area contributed by atoms with Gasteiger partial charge in [-0.2, -0.15) is 0 Å². The summed E-state index contributed by atoms with van der Waals surface area (Å²) >= 11 is 6.03. The topological polar surface area (TPSA) is 54.9 Å². The lowest BCUT2D eigenvalue weighted by Gasteiger charge is -2.28. The van der Waals surface area contributed by atoms with Gasteiger partial charge in [0.25, 0.3) is 0 Å². The highest BCUT2D eigenvalue weighted by Gasteiger charge is 2.21. The molecule has 2 N–H and O–H groups in total. The van der Waals surface area contributed by atoms with Gasteiger partial charge in [0.05, 0.1) is 26.3 Å². The van der Waals surface area contributed by atoms with E-state index in [9.17, 15) is 0 Å². The number of fused-ring (bicyclic) bond motifs is 1. The van der Waals surface area contributed by atoms with Gasteiger partial charge in [-0.15, -0.1) is 24.0 Å². The zero-order valence-corrected chi connectivity index (χ0v) is 18.6. The fourth-order valence-corrected chi connectivity index (χ4v) is 3.15. The summed E-state index contributed by atoms with van der Waals surface area (Å²) in [5.41, 5.74) is 2.15. The summed E-state index contributed by atoms with van der Waals surface area (Å²) in [6.07, 6.45) is 0.895. The van der Waals surface area contributed by atoms with Crippen LogP contribution in [0.4, 0.5) is 0 Å². The van der Waals surface area contributed by atoms with Gasteiger partial charge in [-0.25, -0.2) is 4.99 Å². The number of hydrogen-bond donors (Lipinski definition) is 2. The Bertz CT molecular complexity index is 786. The first kappa shape index (κ1) is 21.6. The molecule has 1 aliphatic heterocycles. The van der Waals surface area contributed by atoms with Crippen molar-refractivity contribution < 1.29 is 9.47 Å². The second kappa shape index (κ2) is 10.6. The lowest BCUT2D eigenvalue weighted by Crippen LogP contribution is -2.41. The summed E-state index contributed by atoms with van der Waals surface area (Å²) in [5, 5.41) is 7.49. The van der Waals surface area contributed by atoms with Crippen LogP contribution >= 0.6 is 35.6 Å². The van der Waals surface area contributed by atoms with Gasteiger partial charge >= 0.3 is 0 Å². The first-order chi connectivity index (χ1) is 12.7. The van der Waals surface area contributed by atoms with E-state index in [4.69, 9.17) is 26.1 Å². The van der Waals surface area contributed by atoms with E-state index in [0.29, 0.717) is 18.2 Å². The van der Waals surface area contributed by atoms with E-state index >= 15 is 0 Å². The number of aliphatic imine (C=N–C) groups is 1. The first-order valence-electron chi connectivity index (χ1n) is 8.80. The highest BCUT2D eigenvalue weighted by Crippen LogP contribution is 2.31. The number of benzene rings is 2. The fraction of sp³-hybridized carbons (Fsp3) is 0.350. The minimum Gasteiger partial charge on any atom is -0.496 e. The Morgan fingerprint density at radius 2 is 2.11 bits per heavy atom. The molecule has 1 aliphatic rings. The number of guanidine groups is 1. The highest BCUT2D eigenvalue weighted by atomic mass is 127. The van der Waals surface area contributed by atoms with Crippen LogP contribution in [0.25, 0.3) is 0 Å². The maximum atomic E-state index is 6.03. The number of halogens is 2. The third-order valence-electron chi connectivity index (χ3n) is 4.27. The minimum absolute atomic E-state index is 0. The molecule has 7 heteroatoms. The van der Waals surface area contributed by atoms with E-state index < -0.39 is 0 Å². The van der Waals surface area contributed by atoms with Gasteiger partial charge in [-0.05, 0) is 25.1 Å². The van der Waals surface area contributed by atoms with E-state index in [1.807, 2.05) is 36.4 Å². The van der Waals surface area contributed by atoms with Crippen LogP contribution in [0.5, 0.6) is 11.5 Å². The summed E-state index contributed by atoms with van der Waals surface area (Å²) < 4.78 is 11.1. The largest absolute Gasteiger partial charge is 0.496 e. The van der Waals surface area contributed by atoms with Crippen molar-refractivity contribution in [3.05, 3.63) is 58.6 Å². The van der Waals surface area contributed by atoms with Gasteiger partial charge in [-0.3, -0.25) is 0 Å². The Hall–Kier alpha value is -1.67. The zero-order chi connectivity index (χ0) is 18.4. The van der Waals surface area contributed by atoms with Crippen LogP contribution in [0.1, 0.15) is 30.5 Å². The predicted octanol–water partition coefficient (Wildman–Crippen LogP) is 4.55. The molecule has 2 aromatic carbocycles. The summed E-state index contributed by atoms with van der Waals surface area (Å²) in [6, 6.07) is 13.9. The van der Waals surface area contributed by atoms with Gasteiger partial charge in [-0.1, -0.05) is 35.9 Å². The van der Waals surface area contributed by atoms with Gasteiger partial charge in [0.15, 0.2) is 5.96 Å². The molecule has 0 saturated carbocycles. The number of ether oxygens (including phenoxy) is 2. The second-order valence-electron chi connectivity index (χ2n) is 6.02. The molecule has 0 amide bonds. The number of rotatable bonds is 5.